The summed E-state index contributed by atoms with van der Waals surface area (Å²) in [6, 6.07) is 0. The van der Waals surface area contributed by atoms with Gasteiger partial charge in [0.25, 0.3) is 0 Å². The summed E-state index contributed by atoms with van der Waals surface area (Å²) in [6.07, 6.45) is 1.89. The van der Waals surface area contributed by atoms with Crippen LogP contribution in [0.1, 0.15) is 82.1 Å². The van der Waals surface area contributed by atoms with Crippen LogP contribution in [0.4, 0.5) is 0 Å². The molecule has 0 N–H and O–H groups in total. The fourth-order valence-corrected chi connectivity index (χ4v) is 3.02. The lowest BCUT2D eigenvalue weighted by Gasteiger charge is -2.51. The maximum absolute atomic E-state index is 5.90. The SMILES string of the molecule is CC1CC(C)(C)C(C)C(OOC(C)(C)C)(OOC(C)(C)C)C1. The van der Waals surface area contributed by atoms with Gasteiger partial charge in [0.05, 0.1) is 11.2 Å². The van der Waals surface area contributed by atoms with Gasteiger partial charge in [-0.25, -0.2) is 9.78 Å². The molecular weight excluding hydrogens is 280 g/mol. The molecule has 1 rings (SSSR count). The van der Waals surface area contributed by atoms with Crippen molar-refractivity contribution < 1.29 is 19.6 Å². The van der Waals surface area contributed by atoms with E-state index in [-0.39, 0.29) is 11.3 Å². The van der Waals surface area contributed by atoms with Crippen LogP contribution in [0.25, 0.3) is 0 Å². The predicted octanol–water partition coefficient (Wildman–Crippen LogP) is 5.27. The van der Waals surface area contributed by atoms with E-state index in [4.69, 9.17) is 19.6 Å². The molecular formula is C18H36O4. The Hall–Kier alpha value is -0.160. The summed E-state index contributed by atoms with van der Waals surface area (Å²) in [5.41, 5.74) is -0.717. The van der Waals surface area contributed by atoms with Crippen LogP contribution in [0.15, 0.2) is 0 Å². The molecule has 0 heterocycles. The second-order valence-electron chi connectivity index (χ2n) is 9.59. The minimum Gasteiger partial charge on any atom is -0.228 e. The second-order valence-corrected chi connectivity index (χ2v) is 9.59. The average molecular weight is 316 g/mol. The Morgan fingerprint density at radius 1 is 0.773 bits per heavy atom. The highest BCUT2D eigenvalue weighted by atomic mass is 17.3. The molecule has 1 aliphatic carbocycles. The molecule has 2 unspecified atom stereocenters. The third-order valence-electron chi connectivity index (χ3n) is 4.20. The molecule has 0 amide bonds. The molecule has 0 bridgehead atoms. The molecule has 1 fully saturated rings. The summed E-state index contributed by atoms with van der Waals surface area (Å²) in [6.45, 7) is 20.7. The Morgan fingerprint density at radius 3 is 1.55 bits per heavy atom. The van der Waals surface area contributed by atoms with Gasteiger partial charge < -0.3 is 0 Å². The molecule has 4 heteroatoms. The van der Waals surface area contributed by atoms with Gasteiger partial charge in [0, 0.05) is 12.3 Å². The monoisotopic (exact) mass is 316 g/mol. The van der Waals surface area contributed by atoms with E-state index in [0.717, 1.165) is 12.8 Å². The standard InChI is InChI=1S/C18H36O4/c1-13-11-17(9,10)14(2)18(12-13,21-19-15(3,4)5)22-20-16(6,7)8/h13-14H,11-12H2,1-10H3. The van der Waals surface area contributed by atoms with Crippen LogP contribution < -0.4 is 0 Å². The van der Waals surface area contributed by atoms with Crippen molar-refractivity contribution in [3.63, 3.8) is 0 Å². The van der Waals surface area contributed by atoms with Crippen molar-refractivity contribution in [1.82, 2.24) is 0 Å². The smallest absolute Gasteiger partial charge is 0.228 e. The van der Waals surface area contributed by atoms with Crippen molar-refractivity contribution in [3.8, 4) is 0 Å². The molecule has 0 aromatic rings. The third-order valence-corrected chi connectivity index (χ3v) is 4.20. The maximum atomic E-state index is 5.90. The van der Waals surface area contributed by atoms with Gasteiger partial charge in [0.1, 0.15) is 0 Å². The summed E-state index contributed by atoms with van der Waals surface area (Å²) >= 11 is 0. The van der Waals surface area contributed by atoms with Crippen LogP contribution in [0.5, 0.6) is 0 Å². The van der Waals surface area contributed by atoms with Crippen molar-refractivity contribution in [2.75, 3.05) is 0 Å². The molecule has 0 aliphatic heterocycles. The summed E-state index contributed by atoms with van der Waals surface area (Å²) < 4.78 is 0. The zero-order valence-electron chi connectivity index (χ0n) is 16.2. The number of rotatable bonds is 4. The van der Waals surface area contributed by atoms with E-state index in [1.54, 1.807) is 0 Å². The zero-order chi connectivity index (χ0) is 17.4. The summed E-state index contributed by atoms with van der Waals surface area (Å²) in [4.78, 5) is 23.1. The molecule has 1 saturated carbocycles. The Kier molecular flexibility index (Phi) is 5.77. The van der Waals surface area contributed by atoms with Crippen molar-refractivity contribution >= 4 is 0 Å². The average Bonchev–Trinajstić information content (AvgIpc) is 2.28. The second kappa shape index (κ2) is 6.39. The van der Waals surface area contributed by atoms with E-state index in [0.29, 0.717) is 5.92 Å². The summed E-state index contributed by atoms with van der Waals surface area (Å²) in [5, 5.41) is 0. The van der Waals surface area contributed by atoms with Gasteiger partial charge in [0.2, 0.25) is 5.79 Å². The normalized spacial score (nSPS) is 28.6. The van der Waals surface area contributed by atoms with Gasteiger partial charge >= 0.3 is 0 Å². The first-order chi connectivity index (χ1) is 9.67. The van der Waals surface area contributed by atoms with Crippen molar-refractivity contribution in [2.45, 2.75) is 99.1 Å². The molecule has 0 radical (unpaired) electrons. The van der Waals surface area contributed by atoms with Crippen molar-refractivity contribution in [2.24, 2.45) is 17.3 Å². The largest absolute Gasteiger partial charge is 0.237 e. The molecule has 0 spiro atoms. The van der Waals surface area contributed by atoms with Crippen LogP contribution in [-0.4, -0.2) is 17.0 Å². The summed E-state index contributed by atoms with van der Waals surface area (Å²) in [5.74, 6) is -0.277. The van der Waals surface area contributed by atoms with E-state index in [9.17, 15) is 0 Å². The van der Waals surface area contributed by atoms with Crippen LogP contribution in [0.2, 0.25) is 0 Å². The van der Waals surface area contributed by atoms with Gasteiger partial charge in [0.15, 0.2) is 0 Å². The van der Waals surface area contributed by atoms with E-state index in [1.165, 1.54) is 0 Å². The number of hydrogen-bond donors (Lipinski definition) is 0. The highest BCUT2D eigenvalue weighted by molar-refractivity contribution is 4.94. The molecule has 0 aromatic heterocycles. The summed E-state index contributed by atoms with van der Waals surface area (Å²) in [7, 11) is 0. The van der Waals surface area contributed by atoms with Crippen molar-refractivity contribution in [1.29, 1.82) is 0 Å². The molecule has 2 atom stereocenters. The highest BCUT2D eigenvalue weighted by Gasteiger charge is 2.54. The first-order valence-corrected chi connectivity index (χ1v) is 8.41. The molecule has 0 aromatic carbocycles. The van der Waals surface area contributed by atoms with Gasteiger partial charge in [-0.2, -0.15) is 9.78 Å². The van der Waals surface area contributed by atoms with Gasteiger partial charge in [-0.15, -0.1) is 0 Å². The van der Waals surface area contributed by atoms with Crippen LogP contribution >= 0.6 is 0 Å². The lowest BCUT2D eigenvalue weighted by molar-refractivity contribution is -0.561. The van der Waals surface area contributed by atoms with Crippen LogP contribution in [-0.2, 0) is 19.6 Å². The molecule has 1 aliphatic rings. The van der Waals surface area contributed by atoms with Crippen LogP contribution in [0.3, 0.4) is 0 Å². The maximum Gasteiger partial charge on any atom is 0.237 e. The zero-order valence-corrected chi connectivity index (χ0v) is 16.2. The first kappa shape index (κ1) is 19.9. The Morgan fingerprint density at radius 2 is 1.18 bits per heavy atom. The van der Waals surface area contributed by atoms with Crippen LogP contribution in [0, 0.1) is 17.3 Å². The fraction of sp³-hybridized carbons (Fsp3) is 1.00. The molecule has 0 saturated heterocycles. The predicted molar refractivity (Wildman–Crippen MR) is 87.9 cm³/mol. The Labute approximate surface area is 136 Å². The number of hydrogen-bond acceptors (Lipinski definition) is 4. The lowest BCUT2D eigenvalue weighted by Crippen LogP contribution is -2.55. The molecule has 22 heavy (non-hydrogen) atoms. The van der Waals surface area contributed by atoms with E-state index in [1.807, 2.05) is 41.5 Å². The minimum atomic E-state index is -0.887. The molecule has 132 valence electrons. The first-order valence-electron chi connectivity index (χ1n) is 8.41. The van der Waals surface area contributed by atoms with Gasteiger partial charge in [-0.05, 0) is 59.3 Å². The van der Waals surface area contributed by atoms with E-state index >= 15 is 0 Å². The van der Waals surface area contributed by atoms with E-state index < -0.39 is 17.0 Å². The molecule has 4 nitrogen and oxygen atoms in total. The quantitative estimate of drug-likeness (QED) is 0.402. The topological polar surface area (TPSA) is 36.9 Å². The highest BCUT2D eigenvalue weighted by Crippen LogP contribution is 2.51. The fourth-order valence-electron chi connectivity index (χ4n) is 3.02. The van der Waals surface area contributed by atoms with E-state index in [2.05, 4.69) is 27.7 Å². The third kappa shape index (κ3) is 5.48. The Bertz CT molecular complexity index is 344. The van der Waals surface area contributed by atoms with Crippen molar-refractivity contribution in [3.05, 3.63) is 0 Å². The van der Waals surface area contributed by atoms with Gasteiger partial charge in [-0.1, -0.05) is 27.7 Å². The lowest BCUT2D eigenvalue weighted by atomic mass is 9.63. The van der Waals surface area contributed by atoms with Gasteiger partial charge in [-0.3, -0.25) is 0 Å². The minimum absolute atomic E-state index is 0.0835. The Balaban J connectivity index is 3.03.